The summed E-state index contributed by atoms with van der Waals surface area (Å²) >= 11 is 7.52. The lowest BCUT2D eigenvalue weighted by molar-refractivity contribution is -0.130. The van der Waals surface area contributed by atoms with Crippen molar-refractivity contribution < 1.29 is 14.3 Å². The van der Waals surface area contributed by atoms with Crippen molar-refractivity contribution >= 4 is 50.7 Å². The zero-order valence-electron chi connectivity index (χ0n) is 14.2. The van der Waals surface area contributed by atoms with Gasteiger partial charge in [0, 0.05) is 25.5 Å². The fourth-order valence-corrected chi connectivity index (χ4v) is 3.53. The molecule has 0 aliphatic heterocycles. The number of amides is 2. The lowest BCUT2D eigenvalue weighted by Gasteiger charge is -2.12. The molecule has 2 amide bonds. The number of carbonyl (C=O) groups is 2. The number of rotatable bonds is 5. The van der Waals surface area contributed by atoms with Crippen LogP contribution in [-0.2, 0) is 4.79 Å². The van der Waals surface area contributed by atoms with Gasteiger partial charge in [-0.15, -0.1) is 11.3 Å². The number of nitrogens with zero attached hydrogens (tertiary/aromatic N) is 2. The van der Waals surface area contributed by atoms with Crippen LogP contribution in [0.1, 0.15) is 28.1 Å². The number of anilines is 1. The van der Waals surface area contributed by atoms with Crippen molar-refractivity contribution in [2.45, 2.75) is 25.8 Å². The second-order valence-corrected chi connectivity index (χ2v) is 7.58. The summed E-state index contributed by atoms with van der Waals surface area (Å²) in [6, 6.07) is 0.241. The van der Waals surface area contributed by atoms with E-state index in [9.17, 15) is 9.59 Å². The number of carbonyl (C=O) groups excluding carboxylic acids is 2. The zero-order chi connectivity index (χ0) is 18.3. The lowest BCUT2D eigenvalue weighted by atomic mass is 10.1. The molecule has 0 unspecified atom stereocenters. The molecule has 134 valence electrons. The van der Waals surface area contributed by atoms with Crippen molar-refractivity contribution in [2.75, 3.05) is 26.4 Å². The summed E-state index contributed by atoms with van der Waals surface area (Å²) in [6.07, 6.45) is 2.00. The molecule has 2 aromatic heterocycles. The van der Waals surface area contributed by atoms with Gasteiger partial charge in [0.2, 0.25) is 5.88 Å². The Morgan fingerprint density at radius 1 is 1.44 bits per heavy atom. The minimum Gasteiger partial charge on any atom is -0.466 e. The average molecular weight is 383 g/mol. The van der Waals surface area contributed by atoms with Crippen molar-refractivity contribution in [1.29, 1.82) is 0 Å². The molecular formula is C16H19ClN4O3S. The van der Waals surface area contributed by atoms with Crippen LogP contribution in [0.15, 0.2) is 0 Å². The van der Waals surface area contributed by atoms with Gasteiger partial charge in [0.15, 0.2) is 6.61 Å². The van der Waals surface area contributed by atoms with E-state index in [4.69, 9.17) is 22.1 Å². The van der Waals surface area contributed by atoms with E-state index in [1.807, 2.05) is 0 Å². The maximum absolute atomic E-state index is 12.3. The highest BCUT2D eigenvalue weighted by Crippen LogP contribution is 2.40. The van der Waals surface area contributed by atoms with E-state index in [1.54, 1.807) is 21.0 Å². The van der Waals surface area contributed by atoms with Crippen LogP contribution >= 0.6 is 22.9 Å². The highest BCUT2D eigenvalue weighted by Gasteiger charge is 2.27. The van der Waals surface area contributed by atoms with Gasteiger partial charge in [0.1, 0.15) is 14.7 Å². The third-order valence-corrected chi connectivity index (χ3v) is 5.51. The Morgan fingerprint density at radius 3 is 2.72 bits per heavy atom. The molecule has 9 heteroatoms. The maximum Gasteiger partial charge on any atom is 0.263 e. The number of aryl methyl sites for hydroxylation is 1. The lowest BCUT2D eigenvalue weighted by Crippen LogP contribution is -2.27. The van der Waals surface area contributed by atoms with Crippen LogP contribution in [0.5, 0.6) is 5.88 Å². The number of aromatic nitrogens is 1. The first-order valence-electron chi connectivity index (χ1n) is 7.81. The van der Waals surface area contributed by atoms with Gasteiger partial charge >= 0.3 is 0 Å². The van der Waals surface area contributed by atoms with Crippen molar-refractivity contribution in [1.82, 2.24) is 15.2 Å². The molecule has 0 aromatic carbocycles. The van der Waals surface area contributed by atoms with Crippen LogP contribution in [0.4, 0.5) is 5.69 Å². The molecule has 1 fully saturated rings. The molecule has 3 N–H and O–H groups in total. The van der Waals surface area contributed by atoms with Gasteiger partial charge in [0.05, 0.1) is 5.69 Å². The van der Waals surface area contributed by atoms with E-state index in [-0.39, 0.29) is 35.4 Å². The molecule has 1 aliphatic carbocycles. The standard InChI is InChI=1S/C16H19ClN4O3S/c1-7-10-12(18)13(14(23)19-8-4-5-8)25-16(10)20-15(11(7)17)24-6-9(22)21(2)3/h8H,4-6,18H2,1-3H3,(H,19,23). The monoisotopic (exact) mass is 382 g/mol. The first-order valence-corrected chi connectivity index (χ1v) is 9.01. The number of fused-ring (bicyclic) bond motifs is 1. The van der Waals surface area contributed by atoms with Gasteiger partial charge in [-0.05, 0) is 25.3 Å². The predicted molar refractivity (Wildman–Crippen MR) is 98.5 cm³/mol. The number of likely N-dealkylation sites (N-methyl/N-ethyl adjacent to an activating group) is 1. The van der Waals surface area contributed by atoms with Crippen LogP contribution in [0, 0.1) is 6.92 Å². The normalized spacial score (nSPS) is 13.8. The number of nitrogens with two attached hydrogens (primary N) is 1. The van der Waals surface area contributed by atoms with Crippen LogP contribution in [0.2, 0.25) is 5.02 Å². The molecule has 1 aliphatic rings. The van der Waals surface area contributed by atoms with Gasteiger partial charge in [-0.2, -0.15) is 0 Å². The molecule has 25 heavy (non-hydrogen) atoms. The van der Waals surface area contributed by atoms with Crippen LogP contribution in [0.25, 0.3) is 10.2 Å². The molecule has 1 saturated carbocycles. The van der Waals surface area contributed by atoms with Gasteiger partial charge in [-0.3, -0.25) is 9.59 Å². The molecule has 0 spiro atoms. The van der Waals surface area contributed by atoms with Crippen molar-refractivity contribution in [2.24, 2.45) is 0 Å². The summed E-state index contributed by atoms with van der Waals surface area (Å²) in [7, 11) is 3.28. The van der Waals surface area contributed by atoms with E-state index >= 15 is 0 Å². The van der Waals surface area contributed by atoms with Crippen molar-refractivity contribution in [3.8, 4) is 5.88 Å². The van der Waals surface area contributed by atoms with Crippen LogP contribution in [0.3, 0.4) is 0 Å². The number of nitrogen functional groups attached to an aromatic ring is 1. The fraction of sp³-hybridized carbons (Fsp3) is 0.438. The third-order valence-electron chi connectivity index (χ3n) is 3.97. The largest absolute Gasteiger partial charge is 0.466 e. The van der Waals surface area contributed by atoms with Gasteiger partial charge in [-0.25, -0.2) is 4.98 Å². The highest BCUT2D eigenvalue weighted by atomic mass is 35.5. The molecule has 7 nitrogen and oxygen atoms in total. The van der Waals surface area contributed by atoms with E-state index in [1.165, 1.54) is 16.2 Å². The third kappa shape index (κ3) is 3.50. The molecule has 2 aromatic rings. The fourth-order valence-electron chi connectivity index (χ4n) is 2.29. The number of hydrogen-bond donors (Lipinski definition) is 2. The van der Waals surface area contributed by atoms with Crippen molar-refractivity contribution in [3.63, 3.8) is 0 Å². The number of nitrogens with one attached hydrogen (secondary N) is 1. The maximum atomic E-state index is 12.3. The van der Waals surface area contributed by atoms with E-state index in [0.29, 0.717) is 26.3 Å². The Hall–Kier alpha value is -2.06. The summed E-state index contributed by atoms with van der Waals surface area (Å²) in [4.78, 5) is 30.8. The number of ether oxygens (including phenoxy) is 1. The smallest absolute Gasteiger partial charge is 0.263 e. The Morgan fingerprint density at radius 2 is 2.12 bits per heavy atom. The van der Waals surface area contributed by atoms with Crippen LogP contribution in [-0.4, -0.2) is 48.4 Å². The average Bonchev–Trinajstić information content (AvgIpc) is 3.30. The SMILES string of the molecule is Cc1c(Cl)c(OCC(=O)N(C)C)nc2sc(C(=O)NC3CC3)c(N)c12. The van der Waals surface area contributed by atoms with Crippen LogP contribution < -0.4 is 15.8 Å². The number of pyridine rings is 1. The molecular weight excluding hydrogens is 364 g/mol. The molecule has 0 atom stereocenters. The summed E-state index contributed by atoms with van der Waals surface area (Å²) in [5, 5.41) is 3.87. The minimum atomic E-state index is -0.203. The predicted octanol–water partition coefficient (Wildman–Crippen LogP) is 2.20. The van der Waals surface area contributed by atoms with Gasteiger partial charge in [0.25, 0.3) is 11.8 Å². The second-order valence-electron chi connectivity index (χ2n) is 6.21. The number of halogens is 1. The summed E-state index contributed by atoms with van der Waals surface area (Å²) in [5.41, 5.74) is 7.22. The Labute approximate surface area is 154 Å². The second kappa shape index (κ2) is 6.68. The van der Waals surface area contributed by atoms with E-state index in [2.05, 4.69) is 10.3 Å². The molecule has 0 saturated heterocycles. The van der Waals surface area contributed by atoms with E-state index < -0.39 is 0 Å². The minimum absolute atomic E-state index is 0.164. The van der Waals surface area contributed by atoms with Gasteiger partial charge in [-0.1, -0.05) is 11.6 Å². The first kappa shape index (κ1) is 17.8. The number of hydrogen-bond acceptors (Lipinski definition) is 6. The van der Waals surface area contributed by atoms with Crippen molar-refractivity contribution in [3.05, 3.63) is 15.5 Å². The zero-order valence-corrected chi connectivity index (χ0v) is 15.8. The Bertz CT molecular complexity index is 861. The molecule has 0 bridgehead atoms. The first-order chi connectivity index (χ1) is 11.8. The highest BCUT2D eigenvalue weighted by molar-refractivity contribution is 7.21. The van der Waals surface area contributed by atoms with Gasteiger partial charge < -0.3 is 20.7 Å². The molecule has 2 heterocycles. The summed E-state index contributed by atoms with van der Waals surface area (Å²) in [5.74, 6) is -0.230. The summed E-state index contributed by atoms with van der Waals surface area (Å²) in [6.45, 7) is 1.62. The van der Waals surface area contributed by atoms with E-state index in [0.717, 1.165) is 12.8 Å². The topological polar surface area (TPSA) is 97.5 Å². The summed E-state index contributed by atoms with van der Waals surface area (Å²) < 4.78 is 5.46. The molecule has 0 radical (unpaired) electrons. The quantitative estimate of drug-likeness (QED) is 0.826. The molecule has 3 rings (SSSR count). The Kier molecular flexibility index (Phi) is 4.75. The Balaban J connectivity index is 1.94. The number of thiophene rings is 1.